The Kier molecular flexibility index (Phi) is 2.87. The molecule has 70 valence electrons. The van der Waals surface area contributed by atoms with Crippen LogP contribution in [-0.4, -0.2) is 33.5 Å². The Hall–Kier alpha value is -0.390. The minimum Gasteiger partial charge on any atom is -0.371 e. The van der Waals surface area contributed by atoms with Crippen molar-refractivity contribution in [1.82, 2.24) is 0 Å². The molecule has 1 rings (SSSR count). The van der Waals surface area contributed by atoms with Gasteiger partial charge in [-0.25, -0.2) is 0 Å². The van der Waals surface area contributed by atoms with Crippen LogP contribution in [0.25, 0.3) is 0 Å². The van der Waals surface area contributed by atoms with E-state index >= 15 is 0 Å². The Morgan fingerprint density at radius 3 is 2.75 bits per heavy atom. The van der Waals surface area contributed by atoms with Crippen molar-refractivity contribution in [1.29, 1.82) is 0 Å². The third kappa shape index (κ3) is 3.85. The van der Waals surface area contributed by atoms with E-state index in [0.717, 1.165) is 0 Å². The lowest BCUT2D eigenvalue weighted by Crippen LogP contribution is -2.14. The fourth-order valence-electron chi connectivity index (χ4n) is 0.687. The van der Waals surface area contributed by atoms with Crippen LogP contribution in [0.2, 0.25) is 0 Å². The summed E-state index contributed by atoms with van der Waals surface area (Å²) in [6.07, 6.45) is -0.0232. The lowest BCUT2D eigenvalue weighted by atomic mass is 10.4. The second-order valence-electron chi connectivity index (χ2n) is 2.90. The number of rotatable bonds is 5. The van der Waals surface area contributed by atoms with Gasteiger partial charge in [0, 0.05) is 0 Å². The molecule has 1 unspecified atom stereocenters. The molecule has 4 nitrogen and oxygen atoms in total. The van der Waals surface area contributed by atoms with Crippen molar-refractivity contribution in [3.8, 4) is 0 Å². The number of hydrogen-bond acceptors (Lipinski definition) is 4. The molecule has 0 aromatic carbocycles. The lowest BCUT2D eigenvalue weighted by Gasteiger charge is -2.02. The van der Waals surface area contributed by atoms with Gasteiger partial charge in [0.15, 0.2) is 0 Å². The fraction of sp³-hybridized carbons (Fsp3) is 0.714. The van der Waals surface area contributed by atoms with Crippen LogP contribution in [0.3, 0.4) is 0 Å². The summed E-state index contributed by atoms with van der Waals surface area (Å²) in [6.45, 7) is 5.87. The van der Waals surface area contributed by atoms with Crippen LogP contribution in [0.1, 0.15) is 6.92 Å². The summed E-state index contributed by atoms with van der Waals surface area (Å²) < 4.78 is 31.5. The van der Waals surface area contributed by atoms with Crippen molar-refractivity contribution in [3.63, 3.8) is 0 Å². The standard InChI is InChI=1S/C7H12O4S/c1-6(2)5-12(8,9)11-4-7-3-10-7/h7H,1,3-5H2,2H3. The fourth-order valence-corrected chi connectivity index (χ4v) is 1.73. The smallest absolute Gasteiger partial charge is 0.271 e. The van der Waals surface area contributed by atoms with E-state index < -0.39 is 10.1 Å². The molecule has 1 saturated heterocycles. The highest BCUT2D eigenvalue weighted by atomic mass is 32.2. The molecule has 0 spiro atoms. The number of hydrogen-bond donors (Lipinski definition) is 0. The molecule has 1 aliphatic rings. The van der Waals surface area contributed by atoms with Crippen LogP contribution in [0, 0.1) is 0 Å². The molecule has 1 atom stereocenters. The summed E-state index contributed by atoms with van der Waals surface area (Å²) in [7, 11) is -3.42. The van der Waals surface area contributed by atoms with Crippen LogP contribution < -0.4 is 0 Å². The highest BCUT2D eigenvalue weighted by Gasteiger charge is 2.25. The maximum absolute atomic E-state index is 11.0. The Morgan fingerprint density at radius 2 is 2.33 bits per heavy atom. The molecule has 0 radical (unpaired) electrons. The number of epoxide rings is 1. The van der Waals surface area contributed by atoms with Gasteiger partial charge in [-0.05, 0) is 6.92 Å². The maximum Gasteiger partial charge on any atom is 0.271 e. The predicted octanol–water partition coefficient (Wildman–Crippen LogP) is 0.308. The monoisotopic (exact) mass is 192 g/mol. The number of ether oxygens (including phenoxy) is 1. The van der Waals surface area contributed by atoms with Crippen molar-refractivity contribution < 1.29 is 17.3 Å². The van der Waals surface area contributed by atoms with Gasteiger partial charge in [0.2, 0.25) is 0 Å². The van der Waals surface area contributed by atoms with Crippen molar-refractivity contribution in [2.45, 2.75) is 13.0 Å². The van der Waals surface area contributed by atoms with E-state index in [9.17, 15) is 8.42 Å². The highest BCUT2D eigenvalue weighted by Crippen LogP contribution is 2.11. The molecule has 0 aliphatic carbocycles. The van der Waals surface area contributed by atoms with Gasteiger partial charge in [0.1, 0.15) is 6.10 Å². The average molecular weight is 192 g/mol. The van der Waals surface area contributed by atoms with E-state index in [0.29, 0.717) is 12.2 Å². The first kappa shape index (κ1) is 9.70. The van der Waals surface area contributed by atoms with Crippen LogP contribution in [0.5, 0.6) is 0 Å². The lowest BCUT2D eigenvalue weighted by molar-refractivity contribution is 0.267. The zero-order chi connectivity index (χ0) is 9.19. The molecule has 0 bridgehead atoms. The second-order valence-corrected chi connectivity index (χ2v) is 4.54. The van der Waals surface area contributed by atoms with Gasteiger partial charge in [-0.3, -0.25) is 4.18 Å². The van der Waals surface area contributed by atoms with Crippen molar-refractivity contribution >= 4 is 10.1 Å². The van der Waals surface area contributed by atoms with Crippen LogP contribution >= 0.6 is 0 Å². The molecular weight excluding hydrogens is 180 g/mol. The summed E-state index contributed by atoms with van der Waals surface area (Å²) >= 11 is 0. The minimum atomic E-state index is -3.42. The molecule has 0 aromatic rings. The minimum absolute atomic E-state index is 0.0232. The van der Waals surface area contributed by atoms with Gasteiger partial charge in [-0.1, -0.05) is 12.2 Å². The van der Waals surface area contributed by atoms with E-state index in [-0.39, 0.29) is 18.5 Å². The first-order chi connectivity index (χ1) is 5.49. The first-order valence-electron chi connectivity index (χ1n) is 3.63. The summed E-state index contributed by atoms with van der Waals surface area (Å²) in [4.78, 5) is 0. The summed E-state index contributed by atoms with van der Waals surface area (Å²) in [5.41, 5.74) is 0.576. The molecule has 5 heteroatoms. The van der Waals surface area contributed by atoms with Crippen molar-refractivity contribution in [3.05, 3.63) is 12.2 Å². The predicted molar refractivity (Wildman–Crippen MR) is 44.3 cm³/mol. The van der Waals surface area contributed by atoms with E-state index in [1.54, 1.807) is 6.92 Å². The molecule has 1 aliphatic heterocycles. The van der Waals surface area contributed by atoms with Crippen molar-refractivity contribution in [2.24, 2.45) is 0 Å². The largest absolute Gasteiger partial charge is 0.371 e. The van der Waals surface area contributed by atoms with E-state index in [4.69, 9.17) is 4.74 Å². The Morgan fingerprint density at radius 1 is 1.75 bits per heavy atom. The summed E-state index contributed by atoms with van der Waals surface area (Å²) in [5, 5.41) is 0. The van der Waals surface area contributed by atoms with Gasteiger partial charge in [0.05, 0.1) is 19.0 Å². The molecular formula is C7H12O4S. The average Bonchev–Trinajstić information content (AvgIpc) is 2.62. The van der Waals surface area contributed by atoms with Gasteiger partial charge < -0.3 is 4.74 Å². The molecule has 12 heavy (non-hydrogen) atoms. The molecule has 0 saturated carbocycles. The molecule has 0 aromatic heterocycles. The second kappa shape index (κ2) is 3.55. The van der Waals surface area contributed by atoms with Crippen molar-refractivity contribution in [2.75, 3.05) is 19.0 Å². The third-order valence-corrected chi connectivity index (χ3v) is 2.60. The van der Waals surface area contributed by atoms with E-state index in [1.165, 1.54) is 0 Å². The van der Waals surface area contributed by atoms with Crippen LogP contribution in [0.15, 0.2) is 12.2 Å². The topological polar surface area (TPSA) is 55.9 Å². The highest BCUT2D eigenvalue weighted by molar-refractivity contribution is 7.86. The Balaban J connectivity index is 2.31. The van der Waals surface area contributed by atoms with Gasteiger partial charge >= 0.3 is 0 Å². The van der Waals surface area contributed by atoms with Gasteiger partial charge in [0.25, 0.3) is 10.1 Å². The normalized spacial score (nSPS) is 22.2. The molecule has 0 amide bonds. The molecule has 1 heterocycles. The zero-order valence-corrected chi connectivity index (χ0v) is 7.76. The Bertz CT molecular complexity index is 263. The van der Waals surface area contributed by atoms with E-state index in [1.807, 2.05) is 0 Å². The van der Waals surface area contributed by atoms with Gasteiger partial charge in [-0.15, -0.1) is 0 Å². The van der Waals surface area contributed by atoms with Gasteiger partial charge in [-0.2, -0.15) is 8.42 Å². The molecule has 1 fully saturated rings. The Labute approximate surface area is 72.3 Å². The quantitative estimate of drug-likeness (QED) is 0.357. The third-order valence-electron chi connectivity index (χ3n) is 1.26. The maximum atomic E-state index is 11.0. The van der Waals surface area contributed by atoms with E-state index in [2.05, 4.69) is 10.8 Å². The molecule has 0 N–H and O–H groups in total. The zero-order valence-electron chi connectivity index (χ0n) is 6.95. The van der Waals surface area contributed by atoms with Crippen LogP contribution in [0.4, 0.5) is 0 Å². The summed E-state index contributed by atoms with van der Waals surface area (Å²) in [5.74, 6) is -0.111. The first-order valence-corrected chi connectivity index (χ1v) is 5.20. The summed E-state index contributed by atoms with van der Waals surface area (Å²) in [6, 6.07) is 0. The van der Waals surface area contributed by atoms with Crippen LogP contribution in [-0.2, 0) is 19.0 Å². The SMILES string of the molecule is C=C(C)CS(=O)(=O)OCC1CO1.